The second kappa shape index (κ2) is 5.48. The molecule has 0 unspecified atom stereocenters. The van der Waals surface area contributed by atoms with Crippen molar-refractivity contribution < 1.29 is 8.94 Å². The molecule has 3 rings (SSSR count). The van der Waals surface area contributed by atoms with Crippen LogP contribution in [-0.4, -0.2) is 25.0 Å². The third kappa shape index (κ3) is 2.84. The quantitative estimate of drug-likeness (QED) is 0.575. The molecule has 9 heteroatoms. The molecule has 8 nitrogen and oxygen atoms in total. The summed E-state index contributed by atoms with van der Waals surface area (Å²) in [7, 11) is 0. The van der Waals surface area contributed by atoms with Gasteiger partial charge in [0.25, 0.3) is 0 Å². The molecule has 0 bridgehead atoms. The Bertz CT molecular complexity index is 756. The smallest absolute Gasteiger partial charge is 0.237 e. The van der Waals surface area contributed by atoms with E-state index in [9.17, 15) is 0 Å². The van der Waals surface area contributed by atoms with Gasteiger partial charge in [0, 0.05) is 5.41 Å². The predicted molar refractivity (Wildman–Crippen MR) is 80.4 cm³/mol. The first-order chi connectivity index (χ1) is 10.4. The number of thioether (sulfide) groups is 1. The van der Waals surface area contributed by atoms with E-state index in [1.165, 1.54) is 16.4 Å². The van der Waals surface area contributed by atoms with Gasteiger partial charge < -0.3 is 14.8 Å². The Kier molecular flexibility index (Phi) is 3.65. The molecular weight excluding hydrogens is 304 g/mol. The van der Waals surface area contributed by atoms with Crippen LogP contribution in [0.5, 0.6) is 0 Å². The van der Waals surface area contributed by atoms with Gasteiger partial charge in [-0.25, -0.2) is 4.68 Å². The number of hydrogen-bond donors (Lipinski definition) is 1. The summed E-state index contributed by atoms with van der Waals surface area (Å²) in [5, 5.41) is 12.6. The molecule has 22 heavy (non-hydrogen) atoms. The lowest BCUT2D eigenvalue weighted by atomic mass is 9.96. The monoisotopic (exact) mass is 320 g/mol. The number of aromatic nitrogens is 5. The summed E-state index contributed by atoms with van der Waals surface area (Å²) in [6.07, 6.45) is 1.56. The molecular formula is C13H16N6O2S. The molecule has 0 atom stereocenters. The first-order valence-corrected chi connectivity index (χ1v) is 7.64. The standard InChI is InChI=1S/C13H16N6O2S/c1-13(2,3)11-15-9(21-18-11)7-22-12-17-16-10(19(12)14)8-5-4-6-20-8/h4-6H,7,14H2,1-3H3. The Labute approximate surface area is 131 Å². The van der Waals surface area contributed by atoms with E-state index in [1.807, 2.05) is 20.8 Å². The molecule has 0 spiro atoms. The lowest BCUT2D eigenvalue weighted by Gasteiger charge is -2.10. The Morgan fingerprint density at radius 3 is 2.77 bits per heavy atom. The van der Waals surface area contributed by atoms with Crippen molar-refractivity contribution in [2.24, 2.45) is 0 Å². The third-order valence-corrected chi connectivity index (χ3v) is 3.80. The van der Waals surface area contributed by atoms with Crippen molar-refractivity contribution in [2.75, 3.05) is 5.84 Å². The number of hydrogen-bond acceptors (Lipinski definition) is 8. The number of furan rings is 1. The topological polar surface area (TPSA) is 109 Å². The second-order valence-electron chi connectivity index (χ2n) is 5.70. The molecule has 0 saturated heterocycles. The van der Waals surface area contributed by atoms with E-state index in [2.05, 4.69) is 20.3 Å². The van der Waals surface area contributed by atoms with E-state index >= 15 is 0 Å². The van der Waals surface area contributed by atoms with Gasteiger partial charge >= 0.3 is 0 Å². The predicted octanol–water partition coefficient (Wildman–Crippen LogP) is 2.22. The van der Waals surface area contributed by atoms with Gasteiger partial charge in [0.05, 0.1) is 12.0 Å². The van der Waals surface area contributed by atoms with Crippen molar-refractivity contribution in [1.29, 1.82) is 0 Å². The zero-order valence-corrected chi connectivity index (χ0v) is 13.3. The van der Waals surface area contributed by atoms with Crippen LogP contribution in [-0.2, 0) is 11.2 Å². The molecule has 0 aromatic carbocycles. The van der Waals surface area contributed by atoms with Crippen LogP contribution in [0.4, 0.5) is 0 Å². The van der Waals surface area contributed by atoms with Crippen LogP contribution in [0, 0.1) is 0 Å². The zero-order chi connectivity index (χ0) is 15.7. The molecule has 0 saturated carbocycles. The Balaban J connectivity index is 1.71. The minimum Gasteiger partial charge on any atom is -0.461 e. The Morgan fingerprint density at radius 1 is 1.32 bits per heavy atom. The second-order valence-corrected chi connectivity index (χ2v) is 6.65. The molecule has 116 valence electrons. The Morgan fingerprint density at radius 2 is 2.14 bits per heavy atom. The van der Waals surface area contributed by atoms with E-state index in [0.29, 0.717) is 34.2 Å². The molecule has 3 aromatic rings. The van der Waals surface area contributed by atoms with Crippen LogP contribution in [0.25, 0.3) is 11.6 Å². The molecule has 0 aliphatic heterocycles. The maximum atomic E-state index is 5.98. The fraction of sp³-hybridized carbons (Fsp3) is 0.385. The average molecular weight is 320 g/mol. The summed E-state index contributed by atoms with van der Waals surface area (Å²) in [5.41, 5.74) is -0.146. The van der Waals surface area contributed by atoms with Crippen LogP contribution >= 0.6 is 11.8 Å². The molecule has 0 aliphatic rings. The van der Waals surface area contributed by atoms with Gasteiger partial charge in [-0.15, -0.1) is 10.2 Å². The van der Waals surface area contributed by atoms with Crippen LogP contribution < -0.4 is 5.84 Å². The van der Waals surface area contributed by atoms with Crippen molar-refractivity contribution in [3.05, 3.63) is 30.1 Å². The van der Waals surface area contributed by atoms with E-state index < -0.39 is 0 Å². The highest BCUT2D eigenvalue weighted by Gasteiger charge is 2.21. The molecule has 0 fully saturated rings. The van der Waals surface area contributed by atoms with Crippen LogP contribution in [0.3, 0.4) is 0 Å². The van der Waals surface area contributed by atoms with Gasteiger partial charge in [-0.05, 0) is 12.1 Å². The number of rotatable bonds is 4. The fourth-order valence-electron chi connectivity index (χ4n) is 1.69. The van der Waals surface area contributed by atoms with Crippen LogP contribution in [0.15, 0.2) is 32.5 Å². The van der Waals surface area contributed by atoms with Gasteiger partial charge in [-0.3, -0.25) is 0 Å². The summed E-state index contributed by atoms with van der Waals surface area (Å²) in [5.74, 6) is 8.68. The SMILES string of the molecule is CC(C)(C)c1noc(CSc2nnc(-c3ccco3)n2N)n1. The first kappa shape index (κ1) is 14.6. The number of nitrogens with zero attached hydrogens (tertiary/aromatic N) is 5. The Hall–Kier alpha value is -2.29. The van der Waals surface area contributed by atoms with Gasteiger partial charge in [0.2, 0.25) is 16.9 Å². The summed E-state index contributed by atoms with van der Waals surface area (Å²) in [4.78, 5) is 4.37. The van der Waals surface area contributed by atoms with Crippen molar-refractivity contribution in [1.82, 2.24) is 25.0 Å². The van der Waals surface area contributed by atoms with E-state index in [0.717, 1.165) is 0 Å². The van der Waals surface area contributed by atoms with Crippen molar-refractivity contribution in [3.8, 4) is 11.6 Å². The first-order valence-electron chi connectivity index (χ1n) is 6.65. The molecule has 3 aromatic heterocycles. The van der Waals surface area contributed by atoms with Gasteiger partial charge in [-0.2, -0.15) is 4.98 Å². The van der Waals surface area contributed by atoms with Crippen LogP contribution in [0.2, 0.25) is 0 Å². The largest absolute Gasteiger partial charge is 0.461 e. The summed E-state index contributed by atoms with van der Waals surface area (Å²) in [6.45, 7) is 6.09. The highest BCUT2D eigenvalue weighted by Crippen LogP contribution is 2.25. The highest BCUT2D eigenvalue weighted by molar-refractivity contribution is 7.98. The number of nitrogen functional groups attached to an aromatic ring is 1. The van der Waals surface area contributed by atoms with Gasteiger partial charge in [-0.1, -0.05) is 37.7 Å². The third-order valence-electron chi connectivity index (χ3n) is 2.87. The minimum atomic E-state index is -0.146. The molecule has 0 amide bonds. The summed E-state index contributed by atoms with van der Waals surface area (Å²) < 4.78 is 11.9. The zero-order valence-electron chi connectivity index (χ0n) is 12.5. The van der Waals surface area contributed by atoms with E-state index in [-0.39, 0.29) is 5.41 Å². The van der Waals surface area contributed by atoms with Gasteiger partial charge in [0.1, 0.15) is 0 Å². The van der Waals surface area contributed by atoms with Crippen molar-refractivity contribution >= 4 is 11.8 Å². The summed E-state index contributed by atoms with van der Waals surface area (Å²) in [6, 6.07) is 3.54. The van der Waals surface area contributed by atoms with Crippen molar-refractivity contribution in [3.63, 3.8) is 0 Å². The van der Waals surface area contributed by atoms with E-state index in [4.69, 9.17) is 14.8 Å². The minimum absolute atomic E-state index is 0.146. The lowest BCUT2D eigenvalue weighted by molar-refractivity contribution is 0.372. The van der Waals surface area contributed by atoms with Crippen LogP contribution in [0.1, 0.15) is 32.5 Å². The van der Waals surface area contributed by atoms with E-state index in [1.54, 1.807) is 18.4 Å². The van der Waals surface area contributed by atoms with Gasteiger partial charge in [0.15, 0.2) is 11.6 Å². The summed E-state index contributed by atoms with van der Waals surface area (Å²) >= 11 is 1.37. The maximum Gasteiger partial charge on any atom is 0.237 e. The lowest BCUT2D eigenvalue weighted by Crippen LogP contribution is -2.13. The highest BCUT2D eigenvalue weighted by atomic mass is 32.2. The number of nitrogens with two attached hydrogens (primary N) is 1. The average Bonchev–Trinajstić information content (AvgIpc) is 3.16. The van der Waals surface area contributed by atoms with Crippen molar-refractivity contribution in [2.45, 2.75) is 37.1 Å². The normalized spacial score (nSPS) is 12.0. The fourth-order valence-corrected chi connectivity index (χ4v) is 2.39. The maximum absolute atomic E-state index is 5.98. The molecule has 3 heterocycles. The molecule has 0 aliphatic carbocycles. The molecule has 0 radical (unpaired) electrons. The molecule has 2 N–H and O–H groups in total.